The number of benzene rings is 1. The van der Waals surface area contributed by atoms with Gasteiger partial charge >= 0.3 is 12.1 Å². The van der Waals surface area contributed by atoms with Gasteiger partial charge in [-0.1, -0.05) is 36.4 Å². The molecule has 23 heavy (non-hydrogen) atoms. The van der Waals surface area contributed by atoms with Crippen molar-refractivity contribution in [2.24, 2.45) is 0 Å². The number of carbonyl (C=O) groups is 2. The summed E-state index contributed by atoms with van der Waals surface area (Å²) in [7, 11) is 1.33. The second kappa shape index (κ2) is 11.6. The van der Waals surface area contributed by atoms with Gasteiger partial charge in [-0.25, -0.2) is 9.59 Å². The number of esters is 1. The lowest BCUT2D eigenvalue weighted by molar-refractivity contribution is -0.134. The highest BCUT2D eigenvalue weighted by Crippen LogP contribution is 2.07. The van der Waals surface area contributed by atoms with E-state index in [0.717, 1.165) is 17.7 Å². The van der Waals surface area contributed by atoms with Crippen LogP contribution < -0.4 is 5.32 Å². The molecule has 0 saturated heterocycles. The van der Waals surface area contributed by atoms with E-state index in [0.29, 0.717) is 6.42 Å². The molecule has 1 aromatic carbocycles. The molecule has 5 nitrogen and oxygen atoms in total. The highest BCUT2D eigenvalue weighted by atomic mass is 32.2. The van der Waals surface area contributed by atoms with Crippen LogP contribution in [-0.4, -0.2) is 37.2 Å². The smallest absolute Gasteiger partial charge is 0.407 e. The normalized spacial score (nSPS) is 11.9. The molecule has 1 aromatic rings. The van der Waals surface area contributed by atoms with Crippen LogP contribution in [0.3, 0.4) is 0 Å². The summed E-state index contributed by atoms with van der Waals surface area (Å²) >= 11 is 1.70. The van der Waals surface area contributed by atoms with Gasteiger partial charge in [-0.2, -0.15) is 11.8 Å². The van der Waals surface area contributed by atoms with Crippen molar-refractivity contribution >= 4 is 23.8 Å². The minimum Gasteiger partial charge on any atom is -0.466 e. The standard InChI is InChI=1S/C17H23NO4S/c1-21-16(19)10-6-9-15(11-12-23-2)18-17(20)22-13-14-7-4-3-5-8-14/h3-8,10,15H,9,11-13H2,1-2H3,(H,18,20)/b10-6+/t15-/m1/s1. The van der Waals surface area contributed by atoms with Crippen LogP contribution in [-0.2, 0) is 20.9 Å². The van der Waals surface area contributed by atoms with Gasteiger partial charge in [0.25, 0.3) is 0 Å². The monoisotopic (exact) mass is 337 g/mol. The van der Waals surface area contributed by atoms with E-state index in [4.69, 9.17) is 4.74 Å². The molecule has 1 amide bonds. The van der Waals surface area contributed by atoms with E-state index in [1.54, 1.807) is 17.8 Å². The first-order chi connectivity index (χ1) is 11.2. The molecular formula is C17H23NO4S. The molecule has 0 spiro atoms. The van der Waals surface area contributed by atoms with Gasteiger partial charge in [0, 0.05) is 12.1 Å². The fraction of sp³-hybridized carbons (Fsp3) is 0.412. The van der Waals surface area contributed by atoms with E-state index >= 15 is 0 Å². The molecule has 1 atom stereocenters. The van der Waals surface area contributed by atoms with Gasteiger partial charge in [-0.05, 0) is 30.4 Å². The van der Waals surface area contributed by atoms with Gasteiger partial charge < -0.3 is 14.8 Å². The molecule has 1 rings (SSSR count). The Kier molecular flexibility index (Phi) is 9.63. The summed E-state index contributed by atoms with van der Waals surface area (Å²) in [5, 5.41) is 2.84. The Morgan fingerprint density at radius 2 is 2.04 bits per heavy atom. The SMILES string of the molecule is COC(=O)/C=C/C[C@H](CCSC)NC(=O)OCc1ccccc1. The maximum atomic E-state index is 11.9. The Labute approximate surface area is 141 Å². The Morgan fingerprint density at radius 1 is 1.30 bits per heavy atom. The van der Waals surface area contributed by atoms with Gasteiger partial charge in [0.2, 0.25) is 0 Å². The van der Waals surface area contributed by atoms with Crippen LogP contribution in [0.2, 0.25) is 0 Å². The minimum atomic E-state index is -0.452. The lowest BCUT2D eigenvalue weighted by Crippen LogP contribution is -2.35. The third-order valence-corrected chi connectivity index (χ3v) is 3.72. The summed E-state index contributed by atoms with van der Waals surface area (Å²) in [6, 6.07) is 9.43. The van der Waals surface area contributed by atoms with E-state index in [2.05, 4.69) is 10.1 Å². The van der Waals surface area contributed by atoms with Crippen molar-refractivity contribution in [2.45, 2.75) is 25.5 Å². The molecule has 0 bridgehead atoms. The first-order valence-corrected chi connectivity index (χ1v) is 8.75. The van der Waals surface area contributed by atoms with Crippen molar-refractivity contribution in [3.8, 4) is 0 Å². The van der Waals surface area contributed by atoms with E-state index in [-0.39, 0.29) is 12.6 Å². The van der Waals surface area contributed by atoms with Crippen LogP contribution in [0, 0.1) is 0 Å². The molecule has 0 aliphatic heterocycles. The largest absolute Gasteiger partial charge is 0.466 e. The van der Waals surface area contributed by atoms with Crippen molar-refractivity contribution in [3.05, 3.63) is 48.0 Å². The number of thioether (sulfide) groups is 1. The molecule has 0 aliphatic carbocycles. The van der Waals surface area contributed by atoms with Gasteiger partial charge in [0.15, 0.2) is 0 Å². The maximum Gasteiger partial charge on any atom is 0.407 e. The summed E-state index contributed by atoms with van der Waals surface area (Å²) in [6.45, 7) is 0.236. The highest BCUT2D eigenvalue weighted by molar-refractivity contribution is 7.98. The van der Waals surface area contributed by atoms with Crippen LogP contribution in [0.5, 0.6) is 0 Å². The fourth-order valence-corrected chi connectivity index (χ4v) is 2.36. The zero-order valence-electron chi connectivity index (χ0n) is 13.5. The lowest BCUT2D eigenvalue weighted by Gasteiger charge is -2.16. The average molecular weight is 337 g/mol. The topological polar surface area (TPSA) is 64.6 Å². The van der Waals surface area contributed by atoms with Crippen molar-refractivity contribution < 1.29 is 19.1 Å². The average Bonchev–Trinajstić information content (AvgIpc) is 2.58. The molecule has 0 aromatic heterocycles. The van der Waals surface area contributed by atoms with E-state index < -0.39 is 12.1 Å². The van der Waals surface area contributed by atoms with Crippen LogP contribution in [0.25, 0.3) is 0 Å². The van der Waals surface area contributed by atoms with Gasteiger partial charge in [-0.15, -0.1) is 0 Å². The quantitative estimate of drug-likeness (QED) is 0.554. The fourth-order valence-electron chi connectivity index (χ4n) is 1.84. The summed E-state index contributed by atoms with van der Waals surface area (Å²) in [5.74, 6) is 0.510. The van der Waals surface area contributed by atoms with Gasteiger partial charge in [-0.3, -0.25) is 0 Å². The lowest BCUT2D eigenvalue weighted by atomic mass is 10.1. The predicted molar refractivity (Wildman–Crippen MR) is 92.3 cm³/mol. The zero-order valence-corrected chi connectivity index (χ0v) is 14.3. The van der Waals surface area contributed by atoms with Crippen molar-refractivity contribution in [3.63, 3.8) is 0 Å². The van der Waals surface area contributed by atoms with E-state index in [9.17, 15) is 9.59 Å². The summed E-state index contributed by atoms with van der Waals surface area (Å²) in [5.41, 5.74) is 0.939. The zero-order chi connectivity index (χ0) is 16.9. The van der Waals surface area contributed by atoms with E-state index in [1.165, 1.54) is 13.2 Å². The van der Waals surface area contributed by atoms with Crippen molar-refractivity contribution in [1.82, 2.24) is 5.32 Å². The Hall–Kier alpha value is -1.95. The van der Waals surface area contributed by atoms with Crippen LogP contribution in [0.15, 0.2) is 42.5 Å². The summed E-state index contributed by atoms with van der Waals surface area (Å²) in [6.07, 6.45) is 5.97. The molecule has 0 heterocycles. The number of ether oxygens (including phenoxy) is 2. The second-order valence-corrected chi connectivity index (χ2v) is 5.83. The van der Waals surface area contributed by atoms with Crippen molar-refractivity contribution in [1.29, 1.82) is 0 Å². The summed E-state index contributed by atoms with van der Waals surface area (Å²) in [4.78, 5) is 23.0. The molecule has 126 valence electrons. The number of hydrogen-bond donors (Lipinski definition) is 1. The van der Waals surface area contributed by atoms with Crippen molar-refractivity contribution in [2.75, 3.05) is 19.1 Å². The Morgan fingerprint density at radius 3 is 2.70 bits per heavy atom. The minimum absolute atomic E-state index is 0.0772. The molecule has 0 fully saturated rings. The first kappa shape index (κ1) is 19.1. The van der Waals surface area contributed by atoms with E-state index in [1.807, 2.05) is 36.6 Å². The Balaban J connectivity index is 2.43. The molecular weight excluding hydrogens is 314 g/mol. The Bertz CT molecular complexity index is 505. The molecule has 1 N–H and O–H groups in total. The molecule has 0 unspecified atom stereocenters. The number of carbonyl (C=O) groups excluding carboxylic acids is 2. The third-order valence-electron chi connectivity index (χ3n) is 3.08. The van der Waals surface area contributed by atoms with Gasteiger partial charge in [0.1, 0.15) is 6.61 Å². The number of alkyl carbamates (subject to hydrolysis) is 1. The number of methoxy groups -OCH3 is 1. The summed E-state index contributed by atoms with van der Waals surface area (Å²) < 4.78 is 9.75. The number of rotatable bonds is 9. The van der Waals surface area contributed by atoms with Crippen LogP contribution in [0.4, 0.5) is 4.79 Å². The third kappa shape index (κ3) is 8.93. The molecule has 6 heteroatoms. The first-order valence-electron chi connectivity index (χ1n) is 7.36. The number of amides is 1. The number of hydrogen-bond acceptors (Lipinski definition) is 5. The van der Waals surface area contributed by atoms with Gasteiger partial charge in [0.05, 0.1) is 7.11 Å². The van der Waals surface area contributed by atoms with Crippen LogP contribution in [0.1, 0.15) is 18.4 Å². The predicted octanol–water partition coefficient (Wildman–Crippen LogP) is 3.15. The number of nitrogens with one attached hydrogen (secondary N) is 1. The maximum absolute atomic E-state index is 11.9. The highest BCUT2D eigenvalue weighted by Gasteiger charge is 2.12. The second-order valence-electron chi connectivity index (χ2n) is 4.85. The van der Waals surface area contributed by atoms with Crippen LogP contribution >= 0.6 is 11.8 Å². The molecule has 0 radical (unpaired) electrons. The molecule has 0 aliphatic rings. The molecule has 0 saturated carbocycles.